The molecule has 2 aliphatic rings. The van der Waals surface area contributed by atoms with Crippen molar-refractivity contribution in [3.63, 3.8) is 0 Å². The summed E-state index contributed by atoms with van der Waals surface area (Å²) in [6.07, 6.45) is 2.67. The zero-order valence-corrected chi connectivity index (χ0v) is 15.2. The van der Waals surface area contributed by atoms with Crippen molar-refractivity contribution in [2.24, 2.45) is 5.92 Å². The van der Waals surface area contributed by atoms with Gasteiger partial charge in [0, 0.05) is 30.7 Å². The van der Waals surface area contributed by atoms with E-state index in [9.17, 15) is 13.2 Å². The third-order valence-electron chi connectivity index (χ3n) is 4.87. The molecular formula is C19H21N3O3S. The van der Waals surface area contributed by atoms with E-state index in [1.54, 1.807) is 6.08 Å². The third-order valence-corrected chi connectivity index (χ3v) is 6.34. The first-order valence-corrected chi connectivity index (χ1v) is 10.5. The van der Waals surface area contributed by atoms with E-state index in [0.717, 1.165) is 17.8 Å². The topological polar surface area (TPSA) is 72.3 Å². The zero-order valence-electron chi connectivity index (χ0n) is 14.4. The molecule has 0 unspecified atom stereocenters. The molecule has 7 heteroatoms. The van der Waals surface area contributed by atoms with Gasteiger partial charge in [-0.05, 0) is 11.6 Å². The Kier molecular flexibility index (Phi) is 4.40. The highest BCUT2D eigenvalue weighted by Crippen LogP contribution is 2.22. The molecule has 1 atom stereocenters. The summed E-state index contributed by atoms with van der Waals surface area (Å²) in [7, 11) is -3.11. The molecule has 2 aromatic rings. The molecule has 4 rings (SSSR count). The quantitative estimate of drug-likeness (QED) is 0.821. The highest BCUT2D eigenvalue weighted by atomic mass is 32.2. The fourth-order valence-electron chi connectivity index (χ4n) is 3.55. The lowest BCUT2D eigenvalue weighted by Gasteiger charge is -2.28. The number of fused-ring (bicyclic) bond motifs is 1. The van der Waals surface area contributed by atoms with E-state index >= 15 is 0 Å². The van der Waals surface area contributed by atoms with Crippen LogP contribution >= 0.6 is 0 Å². The molecule has 0 spiro atoms. The molecule has 1 aromatic heterocycles. The minimum atomic E-state index is -3.11. The number of hydrogen-bond donors (Lipinski definition) is 0. The third kappa shape index (κ3) is 3.72. The van der Waals surface area contributed by atoms with Gasteiger partial charge in [-0.15, -0.1) is 0 Å². The lowest BCUT2D eigenvalue weighted by atomic mass is 10.1. The maximum Gasteiger partial charge on any atom is 0.223 e. The lowest BCUT2D eigenvalue weighted by Crippen LogP contribution is -2.39. The van der Waals surface area contributed by atoms with Crippen LogP contribution in [-0.2, 0) is 34.1 Å². The standard InChI is InChI=1S/C19H21N3O3S/c23-19(11-16-6-9-26(24,25)14-16)21-7-8-22-18(13-21)12-17(20-22)10-15-4-2-1-3-5-15/h1-6,9,12,16H,7-8,10-11,13-14H2/t16-/m0/s1. The second-order valence-electron chi connectivity index (χ2n) is 6.95. The highest BCUT2D eigenvalue weighted by Gasteiger charge is 2.28. The van der Waals surface area contributed by atoms with E-state index < -0.39 is 9.84 Å². The van der Waals surface area contributed by atoms with Crippen LogP contribution in [0.1, 0.15) is 23.4 Å². The van der Waals surface area contributed by atoms with Gasteiger partial charge in [-0.1, -0.05) is 36.4 Å². The van der Waals surface area contributed by atoms with Crippen molar-refractivity contribution in [2.75, 3.05) is 12.3 Å². The number of amides is 1. The molecule has 0 saturated heterocycles. The molecule has 26 heavy (non-hydrogen) atoms. The molecule has 2 aliphatic heterocycles. The summed E-state index contributed by atoms with van der Waals surface area (Å²) >= 11 is 0. The summed E-state index contributed by atoms with van der Waals surface area (Å²) in [5.41, 5.74) is 3.25. The van der Waals surface area contributed by atoms with E-state index in [-0.39, 0.29) is 24.0 Å². The Morgan fingerprint density at radius 3 is 2.73 bits per heavy atom. The van der Waals surface area contributed by atoms with Crippen molar-refractivity contribution in [1.82, 2.24) is 14.7 Å². The summed E-state index contributed by atoms with van der Waals surface area (Å²) in [4.78, 5) is 14.3. The normalized spacial score (nSPS) is 20.9. The van der Waals surface area contributed by atoms with Gasteiger partial charge in [-0.2, -0.15) is 5.10 Å². The Balaban J connectivity index is 1.40. The number of hydrogen-bond acceptors (Lipinski definition) is 4. The predicted molar refractivity (Wildman–Crippen MR) is 97.9 cm³/mol. The van der Waals surface area contributed by atoms with Crippen molar-refractivity contribution in [1.29, 1.82) is 0 Å². The van der Waals surface area contributed by atoms with Crippen LogP contribution < -0.4 is 0 Å². The monoisotopic (exact) mass is 371 g/mol. The fraction of sp³-hybridized carbons (Fsp3) is 0.368. The highest BCUT2D eigenvalue weighted by molar-refractivity contribution is 7.94. The Hall–Kier alpha value is -2.41. The molecule has 136 valence electrons. The van der Waals surface area contributed by atoms with Crippen LogP contribution in [0.15, 0.2) is 47.9 Å². The zero-order chi connectivity index (χ0) is 18.1. The number of sulfone groups is 1. The average molecular weight is 371 g/mol. The van der Waals surface area contributed by atoms with Crippen molar-refractivity contribution in [3.8, 4) is 0 Å². The summed E-state index contributed by atoms with van der Waals surface area (Å²) in [6.45, 7) is 1.82. The van der Waals surface area contributed by atoms with Gasteiger partial charge in [0.1, 0.15) is 0 Å². The number of rotatable bonds is 4. The minimum Gasteiger partial charge on any atom is -0.335 e. The predicted octanol–water partition coefficient (Wildman–Crippen LogP) is 1.76. The SMILES string of the molecule is O=C(C[C@@H]1C=CS(=O)(=O)C1)N1CCn2nc(Cc3ccccc3)cc2C1. The summed E-state index contributed by atoms with van der Waals surface area (Å²) in [6, 6.07) is 12.3. The van der Waals surface area contributed by atoms with Gasteiger partial charge >= 0.3 is 0 Å². The van der Waals surface area contributed by atoms with E-state index in [2.05, 4.69) is 23.3 Å². The average Bonchev–Trinajstić information content (AvgIpc) is 3.16. The molecule has 1 aromatic carbocycles. The molecule has 0 radical (unpaired) electrons. The van der Waals surface area contributed by atoms with Crippen LogP contribution in [0.3, 0.4) is 0 Å². The second-order valence-corrected chi connectivity index (χ2v) is 8.88. The molecule has 0 aliphatic carbocycles. The second kappa shape index (κ2) is 6.72. The minimum absolute atomic E-state index is 0.00816. The summed E-state index contributed by atoms with van der Waals surface area (Å²) < 4.78 is 25.0. The molecule has 3 heterocycles. The molecule has 6 nitrogen and oxygen atoms in total. The van der Waals surface area contributed by atoms with Gasteiger partial charge < -0.3 is 4.90 Å². The van der Waals surface area contributed by atoms with Crippen LogP contribution in [0, 0.1) is 5.92 Å². The first kappa shape index (κ1) is 17.0. The Morgan fingerprint density at radius 1 is 1.19 bits per heavy atom. The van der Waals surface area contributed by atoms with Crippen LogP contribution in [0.25, 0.3) is 0 Å². The van der Waals surface area contributed by atoms with Crippen LogP contribution in [0.2, 0.25) is 0 Å². The molecule has 0 fully saturated rings. The number of nitrogens with zero attached hydrogens (tertiary/aromatic N) is 3. The van der Waals surface area contributed by atoms with Crippen LogP contribution in [0.4, 0.5) is 0 Å². The number of aromatic nitrogens is 2. The van der Waals surface area contributed by atoms with Gasteiger partial charge in [0.05, 0.1) is 30.2 Å². The number of allylic oxidation sites excluding steroid dienone is 1. The Labute approximate surface area is 153 Å². The lowest BCUT2D eigenvalue weighted by molar-refractivity contribution is -0.133. The van der Waals surface area contributed by atoms with E-state index in [0.29, 0.717) is 19.6 Å². The van der Waals surface area contributed by atoms with Gasteiger partial charge in [0.25, 0.3) is 0 Å². The van der Waals surface area contributed by atoms with Gasteiger partial charge in [0.2, 0.25) is 5.91 Å². The van der Waals surface area contributed by atoms with Crippen molar-refractivity contribution in [2.45, 2.75) is 25.9 Å². The van der Waals surface area contributed by atoms with Crippen molar-refractivity contribution >= 4 is 15.7 Å². The maximum absolute atomic E-state index is 12.5. The van der Waals surface area contributed by atoms with Gasteiger partial charge in [0.15, 0.2) is 9.84 Å². The van der Waals surface area contributed by atoms with E-state index in [1.165, 1.54) is 11.0 Å². The summed E-state index contributed by atoms with van der Waals surface area (Å²) in [5.74, 6) is -0.145. The smallest absolute Gasteiger partial charge is 0.223 e. The number of carbonyl (C=O) groups excluding carboxylic acids is 1. The Morgan fingerprint density at radius 2 is 2.00 bits per heavy atom. The van der Waals surface area contributed by atoms with Crippen LogP contribution in [0.5, 0.6) is 0 Å². The van der Waals surface area contributed by atoms with Gasteiger partial charge in [-0.25, -0.2) is 8.42 Å². The Bertz CT molecular complexity index is 948. The van der Waals surface area contributed by atoms with E-state index in [1.807, 2.05) is 27.8 Å². The molecule has 1 amide bonds. The molecular weight excluding hydrogens is 350 g/mol. The number of benzene rings is 1. The first-order chi connectivity index (χ1) is 12.5. The molecule has 0 N–H and O–H groups in total. The first-order valence-electron chi connectivity index (χ1n) is 8.77. The van der Waals surface area contributed by atoms with Crippen molar-refractivity contribution in [3.05, 3.63) is 64.8 Å². The maximum atomic E-state index is 12.5. The number of carbonyl (C=O) groups is 1. The fourth-order valence-corrected chi connectivity index (χ4v) is 4.95. The molecule has 0 saturated carbocycles. The molecule has 0 bridgehead atoms. The van der Waals surface area contributed by atoms with Crippen LogP contribution in [-0.4, -0.2) is 41.3 Å². The van der Waals surface area contributed by atoms with Crippen molar-refractivity contribution < 1.29 is 13.2 Å². The van der Waals surface area contributed by atoms with E-state index in [4.69, 9.17) is 0 Å². The summed E-state index contributed by atoms with van der Waals surface area (Å²) in [5, 5.41) is 5.88. The largest absolute Gasteiger partial charge is 0.335 e. The van der Waals surface area contributed by atoms with Gasteiger partial charge in [-0.3, -0.25) is 9.48 Å².